The van der Waals surface area contributed by atoms with Gasteiger partial charge in [0.2, 0.25) is 0 Å². The summed E-state index contributed by atoms with van der Waals surface area (Å²) in [6, 6.07) is 9.26. The van der Waals surface area contributed by atoms with E-state index in [4.69, 9.17) is 0 Å². The molecule has 2 heteroatoms. The molecule has 0 aliphatic carbocycles. The smallest absolute Gasteiger partial charge is 0.0110 e. The van der Waals surface area contributed by atoms with E-state index in [2.05, 4.69) is 55.0 Å². The number of hydrogen-bond acceptors (Lipinski definition) is 2. The van der Waals surface area contributed by atoms with E-state index in [1.807, 2.05) is 0 Å². The number of likely N-dealkylation sites (N-methyl/N-ethyl adjacent to an activating group) is 1. The topological polar surface area (TPSA) is 6.48 Å². The van der Waals surface area contributed by atoms with Crippen LogP contribution in [0.2, 0.25) is 0 Å². The van der Waals surface area contributed by atoms with Gasteiger partial charge in [-0.2, -0.15) is 0 Å². The molecule has 1 aromatic rings. The highest BCUT2D eigenvalue weighted by Gasteiger charge is 2.12. The Morgan fingerprint density at radius 2 is 1.55 bits per heavy atom. The summed E-state index contributed by atoms with van der Waals surface area (Å²) in [5.41, 5.74) is 2.97. The highest BCUT2D eigenvalue weighted by Crippen LogP contribution is 2.11. The molecular weight excluding hydrogens is 244 g/mol. The van der Waals surface area contributed by atoms with E-state index in [0.717, 1.165) is 5.92 Å². The molecule has 0 atom stereocenters. The Morgan fingerprint density at radius 3 is 2.15 bits per heavy atom. The van der Waals surface area contributed by atoms with Crippen molar-refractivity contribution in [3.05, 3.63) is 35.4 Å². The van der Waals surface area contributed by atoms with Crippen LogP contribution in [-0.4, -0.2) is 49.6 Å². The van der Waals surface area contributed by atoms with Gasteiger partial charge in [0.15, 0.2) is 0 Å². The second kappa shape index (κ2) is 7.80. The Labute approximate surface area is 124 Å². The van der Waals surface area contributed by atoms with Crippen LogP contribution in [0.1, 0.15) is 31.4 Å². The first-order chi connectivity index (χ1) is 9.63. The predicted octanol–water partition coefficient (Wildman–Crippen LogP) is 3.07. The lowest BCUT2D eigenvalue weighted by Crippen LogP contribution is -2.44. The van der Waals surface area contributed by atoms with Crippen LogP contribution in [-0.2, 0) is 12.8 Å². The minimum atomic E-state index is 0.748. The van der Waals surface area contributed by atoms with Crippen molar-refractivity contribution in [2.75, 3.05) is 39.8 Å². The predicted molar refractivity (Wildman–Crippen MR) is 87.2 cm³/mol. The molecule has 0 unspecified atom stereocenters. The molecule has 0 N–H and O–H groups in total. The number of hydrogen-bond donors (Lipinski definition) is 0. The number of rotatable bonds is 6. The molecule has 1 fully saturated rings. The minimum Gasteiger partial charge on any atom is -0.304 e. The van der Waals surface area contributed by atoms with E-state index < -0.39 is 0 Å². The van der Waals surface area contributed by atoms with Crippen LogP contribution in [0, 0.1) is 5.92 Å². The average Bonchev–Trinajstić information content (AvgIpc) is 2.42. The molecular formula is C18H30N2. The van der Waals surface area contributed by atoms with E-state index in [9.17, 15) is 0 Å². The summed E-state index contributed by atoms with van der Waals surface area (Å²) >= 11 is 0. The van der Waals surface area contributed by atoms with Gasteiger partial charge in [0.25, 0.3) is 0 Å². The first-order valence-corrected chi connectivity index (χ1v) is 8.12. The van der Waals surface area contributed by atoms with Crippen LogP contribution < -0.4 is 0 Å². The van der Waals surface area contributed by atoms with Gasteiger partial charge in [-0.3, -0.25) is 0 Å². The van der Waals surface area contributed by atoms with Gasteiger partial charge in [-0.25, -0.2) is 0 Å². The summed E-state index contributed by atoms with van der Waals surface area (Å²) in [7, 11) is 2.22. The molecule has 0 amide bonds. The summed E-state index contributed by atoms with van der Waals surface area (Å²) in [6.45, 7) is 10.7. The van der Waals surface area contributed by atoms with Crippen molar-refractivity contribution in [1.29, 1.82) is 0 Å². The van der Waals surface area contributed by atoms with Crippen LogP contribution in [0.4, 0.5) is 0 Å². The van der Waals surface area contributed by atoms with E-state index in [1.54, 1.807) is 0 Å². The van der Waals surface area contributed by atoms with Gasteiger partial charge < -0.3 is 9.80 Å². The summed E-state index contributed by atoms with van der Waals surface area (Å²) in [4.78, 5) is 5.02. The van der Waals surface area contributed by atoms with E-state index in [1.165, 1.54) is 63.1 Å². The third-order valence-corrected chi connectivity index (χ3v) is 4.20. The van der Waals surface area contributed by atoms with Crippen molar-refractivity contribution in [2.45, 2.75) is 33.1 Å². The van der Waals surface area contributed by atoms with Gasteiger partial charge >= 0.3 is 0 Å². The number of piperazine rings is 1. The third-order valence-electron chi connectivity index (χ3n) is 4.20. The van der Waals surface area contributed by atoms with Crippen LogP contribution >= 0.6 is 0 Å². The summed E-state index contributed by atoms with van der Waals surface area (Å²) in [5.74, 6) is 0.748. The third kappa shape index (κ3) is 5.26. The molecule has 2 nitrogen and oxygen atoms in total. The van der Waals surface area contributed by atoms with Gasteiger partial charge in [0.05, 0.1) is 0 Å². The zero-order chi connectivity index (χ0) is 14.4. The molecule has 0 bridgehead atoms. The molecule has 1 saturated heterocycles. The lowest BCUT2D eigenvalue weighted by atomic mass is 10.0. The molecule has 1 aliphatic heterocycles. The molecule has 0 radical (unpaired) electrons. The van der Waals surface area contributed by atoms with Crippen LogP contribution in [0.3, 0.4) is 0 Å². The zero-order valence-corrected chi connectivity index (χ0v) is 13.4. The van der Waals surface area contributed by atoms with Crippen molar-refractivity contribution in [3.8, 4) is 0 Å². The standard InChI is InChI=1S/C18H30N2/c1-16(2)15-18-8-6-17(7-9-18)5-4-10-20-13-11-19(3)12-14-20/h6-9,16H,4-5,10-15H2,1-3H3. The Morgan fingerprint density at radius 1 is 0.950 bits per heavy atom. The molecule has 1 aromatic carbocycles. The van der Waals surface area contributed by atoms with Crippen molar-refractivity contribution in [2.24, 2.45) is 5.92 Å². The Hall–Kier alpha value is -0.860. The van der Waals surface area contributed by atoms with Gasteiger partial charge in [0, 0.05) is 26.2 Å². The number of nitrogens with zero attached hydrogens (tertiary/aromatic N) is 2. The Kier molecular flexibility index (Phi) is 6.06. The molecule has 20 heavy (non-hydrogen) atoms. The van der Waals surface area contributed by atoms with Crippen LogP contribution in [0.15, 0.2) is 24.3 Å². The lowest BCUT2D eigenvalue weighted by Gasteiger charge is -2.32. The normalized spacial score (nSPS) is 17.8. The fraction of sp³-hybridized carbons (Fsp3) is 0.667. The quantitative estimate of drug-likeness (QED) is 0.786. The zero-order valence-electron chi connectivity index (χ0n) is 13.4. The summed E-state index contributed by atoms with van der Waals surface area (Å²) < 4.78 is 0. The Bertz CT molecular complexity index is 375. The SMILES string of the molecule is CC(C)Cc1ccc(CCCN2CCN(C)CC2)cc1. The summed E-state index contributed by atoms with van der Waals surface area (Å²) in [5, 5.41) is 0. The van der Waals surface area contributed by atoms with Crippen molar-refractivity contribution in [1.82, 2.24) is 9.80 Å². The largest absolute Gasteiger partial charge is 0.304 e. The number of aryl methyl sites for hydroxylation is 1. The highest BCUT2D eigenvalue weighted by atomic mass is 15.2. The maximum absolute atomic E-state index is 2.60. The van der Waals surface area contributed by atoms with Crippen molar-refractivity contribution in [3.63, 3.8) is 0 Å². The second-order valence-corrected chi connectivity index (χ2v) is 6.66. The maximum atomic E-state index is 2.60. The van der Waals surface area contributed by atoms with E-state index >= 15 is 0 Å². The van der Waals surface area contributed by atoms with Gasteiger partial charge in [0.1, 0.15) is 0 Å². The maximum Gasteiger partial charge on any atom is 0.0110 e. The molecule has 2 rings (SSSR count). The lowest BCUT2D eigenvalue weighted by molar-refractivity contribution is 0.153. The van der Waals surface area contributed by atoms with Gasteiger partial charge in [-0.1, -0.05) is 38.1 Å². The molecule has 1 heterocycles. The van der Waals surface area contributed by atoms with Gasteiger partial charge in [-0.05, 0) is 49.9 Å². The Balaban J connectivity index is 1.69. The van der Waals surface area contributed by atoms with Crippen LogP contribution in [0.5, 0.6) is 0 Å². The number of benzene rings is 1. The molecule has 0 saturated carbocycles. The van der Waals surface area contributed by atoms with Crippen molar-refractivity contribution < 1.29 is 0 Å². The van der Waals surface area contributed by atoms with Crippen molar-refractivity contribution >= 4 is 0 Å². The fourth-order valence-corrected chi connectivity index (χ4v) is 2.89. The monoisotopic (exact) mass is 274 g/mol. The minimum absolute atomic E-state index is 0.748. The molecule has 0 aromatic heterocycles. The van der Waals surface area contributed by atoms with Gasteiger partial charge in [-0.15, -0.1) is 0 Å². The first kappa shape index (κ1) is 15.5. The molecule has 1 aliphatic rings. The fourth-order valence-electron chi connectivity index (χ4n) is 2.89. The van der Waals surface area contributed by atoms with E-state index in [0.29, 0.717) is 0 Å². The average molecular weight is 274 g/mol. The summed E-state index contributed by atoms with van der Waals surface area (Å²) in [6.07, 6.45) is 3.70. The highest BCUT2D eigenvalue weighted by molar-refractivity contribution is 5.22. The van der Waals surface area contributed by atoms with Crippen LogP contribution in [0.25, 0.3) is 0 Å². The second-order valence-electron chi connectivity index (χ2n) is 6.66. The van der Waals surface area contributed by atoms with E-state index in [-0.39, 0.29) is 0 Å². The molecule has 0 spiro atoms. The first-order valence-electron chi connectivity index (χ1n) is 8.12. The molecule has 112 valence electrons.